The first-order valence-electron chi connectivity index (χ1n) is 20.9. The topological polar surface area (TPSA) is 194 Å². The van der Waals surface area contributed by atoms with Crippen LogP contribution in [0.5, 0.6) is 28.7 Å². The molecule has 0 radical (unpaired) electrons. The molecule has 4 bridgehead atoms. The molecule has 0 unspecified atom stereocenters. The van der Waals surface area contributed by atoms with Crippen LogP contribution >= 0.6 is 11.8 Å². The van der Waals surface area contributed by atoms with Gasteiger partial charge in [0.2, 0.25) is 6.79 Å². The Kier molecular flexibility index (Phi) is 10.0. The Morgan fingerprint density at radius 2 is 1.94 bits per heavy atom. The molecule has 0 saturated carbocycles. The number of methoxy groups -OCH3 is 1. The summed E-state index contributed by atoms with van der Waals surface area (Å²) in [4.78, 5) is 45.4. The van der Waals surface area contributed by atoms with E-state index in [0.29, 0.717) is 69.4 Å². The monoisotopic (exact) mass is 877 g/mol. The van der Waals surface area contributed by atoms with E-state index in [4.69, 9.17) is 32.8 Å². The molecule has 1 spiro atoms. The minimum atomic E-state index is -1.60. The quantitative estimate of drug-likeness (QED) is 0.128. The number of aromatic hydroxyl groups is 1. The lowest BCUT2D eigenvalue weighted by atomic mass is 9.71. The summed E-state index contributed by atoms with van der Waals surface area (Å²) in [5.74, 6) is 0.792. The van der Waals surface area contributed by atoms with Crippen molar-refractivity contribution in [3.05, 3.63) is 87.7 Å². The van der Waals surface area contributed by atoms with Gasteiger partial charge < -0.3 is 43.3 Å². The number of aryl methyl sites for hydroxylation is 1. The summed E-state index contributed by atoms with van der Waals surface area (Å²) in [6.07, 6.45) is 1.72. The lowest BCUT2D eigenvalue weighted by Crippen LogP contribution is -2.69. The van der Waals surface area contributed by atoms with Crippen LogP contribution in [0.3, 0.4) is 0 Å². The van der Waals surface area contributed by atoms with E-state index in [1.807, 2.05) is 51.2 Å². The Hall–Kier alpha value is -5.93. The van der Waals surface area contributed by atoms with Gasteiger partial charge in [-0.3, -0.25) is 19.9 Å². The number of esters is 2. The molecule has 63 heavy (non-hydrogen) atoms. The predicted molar refractivity (Wildman–Crippen MR) is 228 cm³/mol. The van der Waals surface area contributed by atoms with Crippen molar-refractivity contribution in [3.63, 3.8) is 0 Å². The van der Waals surface area contributed by atoms with E-state index in [2.05, 4.69) is 33.1 Å². The summed E-state index contributed by atoms with van der Waals surface area (Å²) in [5, 5.41) is 30.1. The van der Waals surface area contributed by atoms with Crippen LogP contribution in [0.2, 0.25) is 0 Å². The van der Waals surface area contributed by atoms with Gasteiger partial charge in [-0.1, -0.05) is 36.9 Å². The Balaban J connectivity index is 1.20. The highest BCUT2D eigenvalue weighted by molar-refractivity contribution is 7.99. The number of phenols is 1. The van der Waals surface area contributed by atoms with Gasteiger partial charge in [-0.15, -0.1) is 11.8 Å². The third-order valence-electron chi connectivity index (χ3n) is 13.6. The number of carbonyl (C=O) groups is 3. The van der Waals surface area contributed by atoms with Crippen molar-refractivity contribution in [1.29, 1.82) is 5.26 Å². The second-order valence-corrected chi connectivity index (χ2v) is 18.1. The number of hydrogen-bond acceptors (Lipinski definition) is 16. The summed E-state index contributed by atoms with van der Waals surface area (Å²) < 4.78 is 42.8. The average Bonchev–Trinajstić information content (AvgIpc) is 3.91. The van der Waals surface area contributed by atoms with Crippen molar-refractivity contribution < 1.29 is 52.3 Å². The van der Waals surface area contributed by atoms with E-state index in [0.717, 1.165) is 22.1 Å². The zero-order valence-corrected chi connectivity index (χ0v) is 36.3. The highest BCUT2D eigenvalue weighted by Crippen LogP contribution is 2.64. The number of alkyl carbamates (subject to hydrolysis) is 1. The number of piperazine rings is 1. The molecule has 7 aliphatic heterocycles. The molecule has 3 N–H and O–H groups in total. The minimum Gasteiger partial charge on any atom is -0.504 e. The average molecular weight is 878 g/mol. The number of furan rings is 1. The molecule has 2 saturated heterocycles. The van der Waals surface area contributed by atoms with Gasteiger partial charge in [-0.2, -0.15) is 5.26 Å². The molecular weight excluding hydrogens is 831 g/mol. The van der Waals surface area contributed by atoms with Gasteiger partial charge in [-0.05, 0) is 50.9 Å². The van der Waals surface area contributed by atoms with E-state index < -0.39 is 59.0 Å². The number of nitrogens with one attached hydrogen (secondary N) is 2. The molecule has 8 heterocycles. The number of para-hydroxylation sites is 1. The van der Waals surface area contributed by atoms with Crippen molar-refractivity contribution in [3.8, 4) is 34.8 Å². The lowest BCUT2D eigenvalue weighted by molar-refractivity contribution is -0.158. The molecule has 7 aliphatic rings. The standard InChI is InChI=1S/C46H47N5O11S/c1-7-12-57-45(55)48-17-25-15-27-26-10-8-9-11-31(26)62-43(27)46(49-25)19-63-42-34-33(41-40(59-20-60-41)22(3)39(34)61-23(4)52)30(18-58-44(46)54)51-29(16-47)28-14-24-13-21(2)38(56-6)37(53)32(24)35(36(42)51)50(28)5/h7-11,13,25,28-30,35-36,42,49,53H,1,12,14-15,17-20H2,2-6H3,(H,48,55)/t25-,28-,29-,30-,35+,36+,42+,46+/m0/s1. The predicted octanol–water partition coefficient (Wildman–Crippen LogP) is 5.30. The van der Waals surface area contributed by atoms with Crippen LogP contribution in [0, 0.1) is 25.2 Å². The van der Waals surface area contributed by atoms with Crippen LogP contribution < -0.4 is 29.6 Å². The minimum absolute atomic E-state index is 0.0177. The van der Waals surface area contributed by atoms with E-state index in [1.165, 1.54) is 31.9 Å². The molecular formula is C46H47N5O11S. The fourth-order valence-electron chi connectivity index (χ4n) is 11.1. The van der Waals surface area contributed by atoms with Gasteiger partial charge in [0, 0.05) is 70.6 Å². The molecule has 0 aliphatic carbocycles. The van der Waals surface area contributed by atoms with Gasteiger partial charge in [0.25, 0.3) is 0 Å². The first kappa shape index (κ1) is 41.1. The summed E-state index contributed by atoms with van der Waals surface area (Å²) >= 11 is 1.43. The highest BCUT2D eigenvalue weighted by Gasteiger charge is 2.62. The molecule has 11 rings (SSSR count). The van der Waals surface area contributed by atoms with E-state index in [9.17, 15) is 20.0 Å². The smallest absolute Gasteiger partial charge is 0.407 e. The molecule has 1 aromatic heterocycles. The number of carbonyl (C=O) groups excluding carboxylic acids is 3. The number of hydrogen-bond donors (Lipinski definition) is 3. The van der Waals surface area contributed by atoms with Crippen LogP contribution in [0.1, 0.15) is 69.0 Å². The number of ether oxygens (including phenoxy) is 6. The fraction of sp³-hybridized carbons (Fsp3) is 0.435. The normalized spacial score (nSPS) is 27.9. The molecule has 2 fully saturated rings. The van der Waals surface area contributed by atoms with Crippen molar-refractivity contribution in [2.45, 2.75) is 80.7 Å². The maximum atomic E-state index is 15.3. The summed E-state index contributed by atoms with van der Waals surface area (Å²) in [6.45, 7) is 8.48. The number of nitrogens with zero attached hydrogens (tertiary/aromatic N) is 3. The Morgan fingerprint density at radius 3 is 2.70 bits per heavy atom. The number of likely N-dealkylation sites (N-methyl/N-ethyl adjacent to an activating group) is 1. The number of rotatable bonds is 6. The highest BCUT2D eigenvalue weighted by atomic mass is 32.2. The first-order valence-corrected chi connectivity index (χ1v) is 22.0. The number of phenolic OH excluding ortho intramolecular Hbond substituents is 1. The van der Waals surface area contributed by atoms with E-state index in [1.54, 1.807) is 0 Å². The third kappa shape index (κ3) is 6.09. The van der Waals surface area contributed by atoms with E-state index >= 15 is 4.79 Å². The number of nitriles is 1. The molecule has 328 valence electrons. The Morgan fingerprint density at radius 1 is 1.14 bits per heavy atom. The van der Waals surface area contributed by atoms with Crippen molar-refractivity contribution in [2.75, 3.05) is 46.5 Å². The van der Waals surface area contributed by atoms with Crippen molar-refractivity contribution in [2.24, 2.45) is 0 Å². The van der Waals surface area contributed by atoms with Crippen LogP contribution in [-0.2, 0) is 37.4 Å². The van der Waals surface area contributed by atoms with Crippen molar-refractivity contribution >= 4 is 40.8 Å². The fourth-order valence-corrected chi connectivity index (χ4v) is 12.8. The van der Waals surface area contributed by atoms with Crippen LogP contribution in [0.15, 0.2) is 47.4 Å². The summed E-state index contributed by atoms with van der Waals surface area (Å²) in [7, 11) is 3.51. The summed E-state index contributed by atoms with van der Waals surface area (Å²) in [5.41, 5.74) is 3.96. The molecule has 17 heteroatoms. The lowest BCUT2D eigenvalue weighted by Gasteiger charge is -2.62. The van der Waals surface area contributed by atoms with Crippen molar-refractivity contribution in [1.82, 2.24) is 20.4 Å². The SMILES string of the molecule is C=CCOC(=O)NC[C@@H]1Cc2c(oc3ccccc23)[C@@]2(CS[C@@H]3c4c(OC(C)=O)c(C)c5c(c4[C@H](COC2=O)N2[C@@H]3[C@H]3c4c(cc(C)c(OC)c4O)C[C@@H]([C@@H]2C#N)N3C)OCO5)N1. The molecule has 1 amide bonds. The van der Waals surface area contributed by atoms with Crippen LogP contribution in [0.25, 0.3) is 11.0 Å². The maximum Gasteiger partial charge on any atom is 0.407 e. The van der Waals surface area contributed by atoms with Gasteiger partial charge in [-0.25, -0.2) is 9.59 Å². The zero-order valence-electron chi connectivity index (χ0n) is 35.4. The Bertz CT molecular complexity index is 2660. The molecule has 8 atom stereocenters. The maximum absolute atomic E-state index is 15.3. The molecule has 4 aromatic rings. The molecule has 16 nitrogen and oxygen atoms in total. The van der Waals surface area contributed by atoms with Gasteiger partial charge in [0.1, 0.15) is 36.3 Å². The van der Waals surface area contributed by atoms with Crippen LogP contribution in [-0.4, -0.2) is 104 Å². The van der Waals surface area contributed by atoms with E-state index in [-0.39, 0.29) is 44.1 Å². The third-order valence-corrected chi connectivity index (χ3v) is 15.0. The Labute approximate surface area is 367 Å². The van der Waals surface area contributed by atoms with Gasteiger partial charge >= 0.3 is 18.0 Å². The van der Waals surface area contributed by atoms with Gasteiger partial charge in [0.05, 0.1) is 30.5 Å². The number of thioether (sulfide) groups is 1. The largest absolute Gasteiger partial charge is 0.504 e. The second kappa shape index (κ2) is 15.4. The zero-order chi connectivity index (χ0) is 44.1. The number of fused-ring (bicyclic) bond motifs is 11. The van der Waals surface area contributed by atoms with Crippen LogP contribution in [0.4, 0.5) is 4.79 Å². The summed E-state index contributed by atoms with van der Waals surface area (Å²) in [6, 6.07) is 8.76. The second-order valence-electron chi connectivity index (χ2n) is 17.0. The number of amides is 1. The molecule has 3 aromatic carbocycles. The van der Waals surface area contributed by atoms with Gasteiger partial charge in [0.15, 0.2) is 28.5 Å². The number of benzene rings is 3. The first-order chi connectivity index (χ1) is 30.4.